The highest BCUT2D eigenvalue weighted by Crippen LogP contribution is 2.27. The SMILES string of the molecule is COc1cccc(Nc2nc(NC3CCN(Cc4ccccc4)CC3)nc3c2cnn3C)c1. The quantitative estimate of drug-likeness (QED) is 0.443. The molecule has 0 radical (unpaired) electrons. The van der Waals surface area contributed by atoms with Gasteiger partial charge in [0.25, 0.3) is 0 Å². The molecule has 170 valence electrons. The van der Waals surface area contributed by atoms with E-state index >= 15 is 0 Å². The third-order valence-electron chi connectivity index (χ3n) is 6.09. The highest BCUT2D eigenvalue weighted by atomic mass is 16.5. The molecule has 0 atom stereocenters. The lowest BCUT2D eigenvalue weighted by Crippen LogP contribution is -2.39. The van der Waals surface area contributed by atoms with Crippen LogP contribution in [0.3, 0.4) is 0 Å². The average Bonchev–Trinajstić information content (AvgIpc) is 3.22. The summed E-state index contributed by atoms with van der Waals surface area (Å²) < 4.78 is 7.13. The second kappa shape index (κ2) is 9.46. The number of nitrogens with zero attached hydrogens (tertiary/aromatic N) is 5. The summed E-state index contributed by atoms with van der Waals surface area (Å²) in [5, 5.41) is 12.2. The van der Waals surface area contributed by atoms with Gasteiger partial charge >= 0.3 is 0 Å². The van der Waals surface area contributed by atoms with Crippen molar-refractivity contribution in [3.63, 3.8) is 0 Å². The van der Waals surface area contributed by atoms with Gasteiger partial charge in [-0.1, -0.05) is 36.4 Å². The first-order valence-corrected chi connectivity index (χ1v) is 11.3. The van der Waals surface area contributed by atoms with Crippen molar-refractivity contribution in [2.45, 2.75) is 25.4 Å². The van der Waals surface area contributed by atoms with E-state index in [9.17, 15) is 0 Å². The molecule has 1 fully saturated rings. The Labute approximate surface area is 193 Å². The average molecular weight is 444 g/mol. The van der Waals surface area contributed by atoms with E-state index < -0.39 is 0 Å². The molecule has 3 heterocycles. The van der Waals surface area contributed by atoms with Gasteiger partial charge in [-0.15, -0.1) is 0 Å². The topological polar surface area (TPSA) is 80.1 Å². The van der Waals surface area contributed by atoms with Crippen molar-refractivity contribution in [1.82, 2.24) is 24.6 Å². The first-order valence-electron chi connectivity index (χ1n) is 11.3. The molecule has 0 aliphatic carbocycles. The molecule has 1 saturated heterocycles. The minimum Gasteiger partial charge on any atom is -0.497 e. The van der Waals surface area contributed by atoms with Crippen LogP contribution in [0.4, 0.5) is 17.5 Å². The predicted octanol–water partition coefficient (Wildman–Crippen LogP) is 4.19. The molecule has 0 bridgehead atoms. The van der Waals surface area contributed by atoms with Gasteiger partial charge in [-0.25, -0.2) is 0 Å². The van der Waals surface area contributed by atoms with Crippen molar-refractivity contribution in [2.75, 3.05) is 30.8 Å². The Morgan fingerprint density at radius 1 is 1.03 bits per heavy atom. The Bertz CT molecular complexity index is 1220. The molecule has 1 aliphatic heterocycles. The molecule has 0 amide bonds. The molecule has 0 spiro atoms. The summed E-state index contributed by atoms with van der Waals surface area (Å²) in [5.41, 5.74) is 3.06. The van der Waals surface area contributed by atoms with Gasteiger partial charge in [0.2, 0.25) is 5.95 Å². The van der Waals surface area contributed by atoms with Crippen molar-refractivity contribution < 1.29 is 4.74 Å². The lowest BCUT2D eigenvalue weighted by Gasteiger charge is -2.32. The molecule has 4 aromatic rings. The minimum atomic E-state index is 0.340. The number of piperidine rings is 1. The van der Waals surface area contributed by atoms with Gasteiger partial charge in [0.1, 0.15) is 11.6 Å². The normalized spacial score (nSPS) is 15.0. The van der Waals surface area contributed by atoms with E-state index in [4.69, 9.17) is 14.7 Å². The van der Waals surface area contributed by atoms with Crippen molar-refractivity contribution in [1.29, 1.82) is 0 Å². The highest BCUT2D eigenvalue weighted by Gasteiger charge is 2.21. The molecule has 5 rings (SSSR count). The number of aromatic nitrogens is 4. The Morgan fingerprint density at radius 2 is 1.85 bits per heavy atom. The second-order valence-corrected chi connectivity index (χ2v) is 8.44. The Kier molecular flexibility index (Phi) is 6.08. The molecule has 33 heavy (non-hydrogen) atoms. The molecule has 8 heteroatoms. The lowest BCUT2D eigenvalue weighted by atomic mass is 10.0. The van der Waals surface area contributed by atoms with Gasteiger partial charge in [-0.3, -0.25) is 9.58 Å². The van der Waals surface area contributed by atoms with Crippen molar-refractivity contribution >= 4 is 28.5 Å². The summed E-state index contributed by atoms with van der Waals surface area (Å²) in [7, 11) is 3.56. The van der Waals surface area contributed by atoms with E-state index in [0.717, 1.165) is 60.8 Å². The molecule has 8 nitrogen and oxygen atoms in total. The Morgan fingerprint density at radius 3 is 2.64 bits per heavy atom. The van der Waals surface area contributed by atoms with Crippen LogP contribution < -0.4 is 15.4 Å². The van der Waals surface area contributed by atoms with Gasteiger partial charge in [0.15, 0.2) is 5.65 Å². The zero-order chi connectivity index (χ0) is 22.6. The van der Waals surface area contributed by atoms with Crippen molar-refractivity contribution in [3.8, 4) is 5.75 Å². The monoisotopic (exact) mass is 443 g/mol. The number of aryl methyl sites for hydroxylation is 1. The lowest BCUT2D eigenvalue weighted by molar-refractivity contribution is 0.211. The molecular weight excluding hydrogens is 414 g/mol. The summed E-state index contributed by atoms with van der Waals surface area (Å²) in [6, 6.07) is 18.8. The van der Waals surface area contributed by atoms with Gasteiger partial charge in [-0.05, 0) is 30.5 Å². The minimum absolute atomic E-state index is 0.340. The highest BCUT2D eigenvalue weighted by molar-refractivity contribution is 5.89. The van der Waals surface area contributed by atoms with Gasteiger partial charge in [0, 0.05) is 44.5 Å². The molecule has 1 aliphatic rings. The van der Waals surface area contributed by atoms with Gasteiger partial charge in [0.05, 0.1) is 18.7 Å². The number of rotatable bonds is 7. The van der Waals surface area contributed by atoms with Crippen LogP contribution in [-0.4, -0.2) is 50.9 Å². The largest absolute Gasteiger partial charge is 0.497 e. The maximum Gasteiger partial charge on any atom is 0.226 e. The number of anilines is 3. The number of hydrogen-bond acceptors (Lipinski definition) is 7. The van der Waals surface area contributed by atoms with E-state index in [1.54, 1.807) is 18.0 Å². The standard InChI is InChI=1S/C25H29N7O/c1-31-24-22(16-26-31)23(27-20-9-6-10-21(15-20)33-2)29-25(30-24)28-19-11-13-32(14-12-19)17-18-7-4-3-5-8-18/h3-10,15-16,19H,11-14,17H2,1-2H3,(H2,27,28,29,30). The fourth-order valence-electron chi connectivity index (χ4n) is 4.28. The van der Waals surface area contributed by atoms with Crippen LogP contribution >= 0.6 is 0 Å². The summed E-state index contributed by atoms with van der Waals surface area (Å²) in [6.45, 7) is 3.10. The second-order valence-electron chi connectivity index (χ2n) is 8.44. The van der Waals surface area contributed by atoms with Crippen LogP contribution in [0.25, 0.3) is 11.0 Å². The van der Waals surface area contributed by atoms with E-state index in [-0.39, 0.29) is 0 Å². The summed E-state index contributed by atoms with van der Waals surface area (Å²) in [6.07, 6.45) is 3.90. The number of hydrogen-bond donors (Lipinski definition) is 2. The van der Waals surface area contributed by atoms with Crippen LogP contribution in [0.2, 0.25) is 0 Å². The van der Waals surface area contributed by atoms with Crippen LogP contribution in [0, 0.1) is 0 Å². The number of ether oxygens (including phenoxy) is 1. The van der Waals surface area contributed by atoms with E-state index in [1.165, 1.54) is 5.56 Å². The van der Waals surface area contributed by atoms with E-state index in [0.29, 0.717) is 12.0 Å². The van der Waals surface area contributed by atoms with Crippen molar-refractivity contribution in [2.24, 2.45) is 7.05 Å². The van der Waals surface area contributed by atoms with E-state index in [2.05, 4.69) is 51.0 Å². The predicted molar refractivity (Wildman–Crippen MR) is 131 cm³/mol. The first kappa shape index (κ1) is 21.2. The zero-order valence-electron chi connectivity index (χ0n) is 19.0. The summed E-state index contributed by atoms with van der Waals surface area (Å²) in [5.74, 6) is 2.14. The van der Waals surface area contributed by atoms with Crippen LogP contribution in [0.1, 0.15) is 18.4 Å². The maximum absolute atomic E-state index is 5.35. The summed E-state index contributed by atoms with van der Waals surface area (Å²) in [4.78, 5) is 12.1. The third kappa shape index (κ3) is 4.90. The van der Waals surface area contributed by atoms with Crippen LogP contribution in [0.5, 0.6) is 5.75 Å². The molecule has 2 N–H and O–H groups in total. The molecule has 0 unspecified atom stereocenters. The Balaban J connectivity index is 1.30. The van der Waals surface area contributed by atoms with Crippen LogP contribution in [0.15, 0.2) is 60.8 Å². The maximum atomic E-state index is 5.35. The molecule has 0 saturated carbocycles. The third-order valence-corrected chi connectivity index (χ3v) is 6.09. The van der Waals surface area contributed by atoms with Crippen molar-refractivity contribution in [3.05, 3.63) is 66.4 Å². The van der Waals surface area contributed by atoms with Gasteiger partial charge < -0.3 is 15.4 Å². The fraction of sp³-hybridized carbons (Fsp3) is 0.320. The zero-order valence-corrected chi connectivity index (χ0v) is 19.0. The molecule has 2 aromatic carbocycles. The number of nitrogens with one attached hydrogen (secondary N) is 2. The van der Waals surface area contributed by atoms with Gasteiger partial charge in [-0.2, -0.15) is 15.1 Å². The summed E-state index contributed by atoms with van der Waals surface area (Å²) >= 11 is 0. The fourth-order valence-corrected chi connectivity index (χ4v) is 4.28. The molecular formula is C25H29N7O. The number of methoxy groups -OCH3 is 1. The first-order chi connectivity index (χ1) is 16.2. The van der Waals surface area contributed by atoms with Crippen LogP contribution in [-0.2, 0) is 13.6 Å². The number of likely N-dealkylation sites (tertiary alicyclic amines) is 1. The smallest absolute Gasteiger partial charge is 0.226 e. The van der Waals surface area contributed by atoms with E-state index in [1.807, 2.05) is 31.3 Å². The number of benzene rings is 2. The molecule has 2 aromatic heterocycles. The Hall–Kier alpha value is -3.65. The number of fused-ring (bicyclic) bond motifs is 1.